The monoisotopic (exact) mass is 194 g/mol. The Morgan fingerprint density at radius 3 is 1.43 bits per heavy atom. The van der Waals surface area contributed by atoms with Crippen LogP contribution in [-0.4, -0.2) is 10.7 Å². The summed E-state index contributed by atoms with van der Waals surface area (Å²) >= 11 is 0. The third-order valence-corrected chi connectivity index (χ3v) is 0.940. The van der Waals surface area contributed by atoms with Crippen LogP contribution in [0.4, 0.5) is 0 Å². The van der Waals surface area contributed by atoms with Crippen LogP contribution in [0.15, 0.2) is 43.5 Å². The van der Waals surface area contributed by atoms with Crippen LogP contribution in [0.3, 0.4) is 0 Å². The predicted molar refractivity (Wildman–Crippen MR) is 64.4 cm³/mol. The lowest BCUT2D eigenvalue weighted by atomic mass is 10.2. The maximum Gasteiger partial charge on any atom is 0.0563 e. The largest absolute Gasteiger partial charge is 0.391 e. The second-order valence-corrected chi connectivity index (χ2v) is 3.83. The standard InChI is InChI=1S/C7H8.C4H10O.C2H4/c1-7-5-3-2-4-6-7;1-4(2,3)5;1-2/h2-6H,1H3;5H,1-3H3;1-2H2. The summed E-state index contributed by atoms with van der Waals surface area (Å²) in [5.74, 6) is 0. The topological polar surface area (TPSA) is 20.2 Å². The van der Waals surface area contributed by atoms with Gasteiger partial charge in [-0.1, -0.05) is 35.9 Å². The van der Waals surface area contributed by atoms with E-state index >= 15 is 0 Å². The first-order valence-corrected chi connectivity index (χ1v) is 4.63. The van der Waals surface area contributed by atoms with E-state index in [-0.39, 0.29) is 0 Å². The molecule has 0 heterocycles. The third kappa shape index (κ3) is 22.4. The lowest BCUT2D eigenvalue weighted by molar-refractivity contribution is 0.102. The fourth-order valence-electron chi connectivity index (χ4n) is 0.534. The third-order valence-electron chi connectivity index (χ3n) is 0.940. The van der Waals surface area contributed by atoms with Crippen molar-refractivity contribution in [1.82, 2.24) is 0 Å². The molecule has 0 spiro atoms. The summed E-state index contributed by atoms with van der Waals surface area (Å²) in [4.78, 5) is 0. The summed E-state index contributed by atoms with van der Waals surface area (Å²) in [6.07, 6.45) is 0. The molecular weight excluding hydrogens is 172 g/mol. The molecule has 1 aromatic rings. The Morgan fingerprint density at radius 2 is 1.29 bits per heavy atom. The molecule has 0 saturated heterocycles. The molecule has 0 atom stereocenters. The summed E-state index contributed by atoms with van der Waals surface area (Å²) in [6.45, 7) is 13.3. The molecule has 1 N–H and O–H groups in total. The first-order valence-electron chi connectivity index (χ1n) is 4.63. The van der Waals surface area contributed by atoms with Crippen molar-refractivity contribution in [3.05, 3.63) is 49.1 Å². The van der Waals surface area contributed by atoms with Gasteiger partial charge < -0.3 is 5.11 Å². The van der Waals surface area contributed by atoms with Gasteiger partial charge in [-0.15, -0.1) is 13.2 Å². The maximum absolute atomic E-state index is 8.52. The van der Waals surface area contributed by atoms with Crippen molar-refractivity contribution in [2.75, 3.05) is 0 Å². The highest BCUT2D eigenvalue weighted by Gasteiger charge is 1.97. The van der Waals surface area contributed by atoms with Gasteiger partial charge in [-0.3, -0.25) is 0 Å². The molecule has 0 aromatic heterocycles. The molecule has 0 bridgehead atoms. The van der Waals surface area contributed by atoms with E-state index in [2.05, 4.69) is 32.2 Å². The van der Waals surface area contributed by atoms with Gasteiger partial charge in [0.15, 0.2) is 0 Å². The van der Waals surface area contributed by atoms with Gasteiger partial charge in [-0.05, 0) is 27.7 Å². The Hall–Kier alpha value is -1.08. The predicted octanol–water partition coefficient (Wildman–Crippen LogP) is 3.57. The zero-order valence-electron chi connectivity index (χ0n) is 9.75. The van der Waals surface area contributed by atoms with Crippen LogP contribution in [0.2, 0.25) is 0 Å². The molecule has 0 saturated carbocycles. The molecule has 14 heavy (non-hydrogen) atoms. The average Bonchev–Trinajstić information content (AvgIpc) is 2.06. The first kappa shape index (κ1) is 15.4. The van der Waals surface area contributed by atoms with Crippen molar-refractivity contribution in [3.63, 3.8) is 0 Å². The van der Waals surface area contributed by atoms with Crippen molar-refractivity contribution >= 4 is 0 Å². The molecule has 0 unspecified atom stereocenters. The highest BCUT2D eigenvalue weighted by Crippen LogP contribution is 1.93. The molecule has 0 aliphatic carbocycles. The summed E-state index contributed by atoms with van der Waals surface area (Å²) in [6, 6.07) is 10.3. The van der Waals surface area contributed by atoms with Crippen molar-refractivity contribution < 1.29 is 5.11 Å². The molecule has 1 aromatic carbocycles. The van der Waals surface area contributed by atoms with Crippen LogP contribution in [0, 0.1) is 6.92 Å². The maximum atomic E-state index is 8.52. The van der Waals surface area contributed by atoms with Gasteiger partial charge in [-0.25, -0.2) is 0 Å². The average molecular weight is 194 g/mol. The fourth-order valence-corrected chi connectivity index (χ4v) is 0.534. The van der Waals surface area contributed by atoms with Crippen LogP contribution in [0.5, 0.6) is 0 Å². The molecule has 0 fully saturated rings. The van der Waals surface area contributed by atoms with Crippen LogP contribution in [0.25, 0.3) is 0 Å². The number of aryl methyl sites for hydroxylation is 1. The number of hydrogen-bond donors (Lipinski definition) is 1. The second-order valence-electron chi connectivity index (χ2n) is 3.83. The van der Waals surface area contributed by atoms with Gasteiger partial charge in [0, 0.05) is 0 Å². The molecule has 1 nitrogen and oxygen atoms in total. The van der Waals surface area contributed by atoms with E-state index in [0.29, 0.717) is 0 Å². The first-order chi connectivity index (χ1) is 6.39. The molecular formula is C13H22O. The number of aliphatic hydroxyl groups is 1. The van der Waals surface area contributed by atoms with Gasteiger partial charge in [0.05, 0.1) is 5.60 Å². The van der Waals surface area contributed by atoms with Crippen LogP contribution in [-0.2, 0) is 0 Å². The van der Waals surface area contributed by atoms with Crippen LogP contribution >= 0.6 is 0 Å². The van der Waals surface area contributed by atoms with Crippen molar-refractivity contribution in [3.8, 4) is 0 Å². The molecule has 1 heteroatoms. The quantitative estimate of drug-likeness (QED) is 0.626. The molecule has 0 aliphatic rings. The van der Waals surface area contributed by atoms with E-state index in [1.165, 1.54) is 5.56 Å². The van der Waals surface area contributed by atoms with Gasteiger partial charge in [0.1, 0.15) is 0 Å². The molecule has 0 radical (unpaired) electrons. The summed E-state index contributed by atoms with van der Waals surface area (Å²) in [7, 11) is 0. The van der Waals surface area contributed by atoms with Crippen LogP contribution < -0.4 is 0 Å². The summed E-state index contributed by atoms with van der Waals surface area (Å²) in [5.41, 5.74) is 0.822. The Balaban J connectivity index is 0. The number of benzene rings is 1. The fraction of sp³-hybridized carbons (Fsp3) is 0.385. The minimum atomic E-state index is -0.500. The van der Waals surface area contributed by atoms with Crippen LogP contribution in [0.1, 0.15) is 26.3 Å². The Morgan fingerprint density at radius 1 is 1.00 bits per heavy atom. The smallest absolute Gasteiger partial charge is 0.0563 e. The second kappa shape index (κ2) is 8.52. The van der Waals surface area contributed by atoms with Crippen molar-refractivity contribution in [1.29, 1.82) is 0 Å². The summed E-state index contributed by atoms with van der Waals surface area (Å²) in [5, 5.41) is 8.52. The Kier molecular flexibility index (Phi) is 9.36. The highest BCUT2D eigenvalue weighted by atomic mass is 16.3. The van der Waals surface area contributed by atoms with Gasteiger partial charge in [0.2, 0.25) is 0 Å². The van der Waals surface area contributed by atoms with Gasteiger partial charge >= 0.3 is 0 Å². The van der Waals surface area contributed by atoms with E-state index in [1.54, 1.807) is 20.8 Å². The zero-order valence-corrected chi connectivity index (χ0v) is 9.75. The molecule has 0 amide bonds. The van der Waals surface area contributed by atoms with Gasteiger partial charge in [-0.2, -0.15) is 0 Å². The van der Waals surface area contributed by atoms with E-state index in [9.17, 15) is 0 Å². The number of hydrogen-bond acceptors (Lipinski definition) is 1. The lowest BCUT2D eigenvalue weighted by Crippen LogP contribution is -2.10. The highest BCUT2D eigenvalue weighted by molar-refractivity contribution is 5.11. The SMILES string of the molecule is C=C.CC(C)(C)O.Cc1ccccc1. The van der Waals surface area contributed by atoms with E-state index in [0.717, 1.165) is 0 Å². The molecule has 80 valence electrons. The summed E-state index contributed by atoms with van der Waals surface area (Å²) < 4.78 is 0. The minimum absolute atomic E-state index is 0.500. The van der Waals surface area contributed by atoms with Crippen molar-refractivity contribution in [2.45, 2.75) is 33.3 Å². The zero-order chi connectivity index (χ0) is 11.6. The Bertz CT molecular complexity index is 202. The Labute approximate surface area is 88.1 Å². The molecule has 0 aliphatic heterocycles. The normalized spacial score (nSPS) is 8.93. The minimum Gasteiger partial charge on any atom is -0.391 e. The van der Waals surface area contributed by atoms with E-state index in [4.69, 9.17) is 5.11 Å². The van der Waals surface area contributed by atoms with Gasteiger partial charge in [0.25, 0.3) is 0 Å². The molecule has 1 rings (SSSR count). The number of rotatable bonds is 0. The van der Waals surface area contributed by atoms with E-state index in [1.807, 2.05) is 18.2 Å². The lowest BCUT2D eigenvalue weighted by Gasteiger charge is -2.04. The van der Waals surface area contributed by atoms with E-state index < -0.39 is 5.60 Å². The van der Waals surface area contributed by atoms with Crippen molar-refractivity contribution in [2.24, 2.45) is 0 Å².